The van der Waals surface area contributed by atoms with Crippen molar-refractivity contribution in [1.82, 2.24) is 0 Å². The predicted octanol–water partition coefficient (Wildman–Crippen LogP) is 3.01. The molecule has 19 heavy (non-hydrogen) atoms. The molecule has 0 bridgehead atoms. The van der Waals surface area contributed by atoms with Crippen molar-refractivity contribution in [3.05, 3.63) is 65.2 Å². The molecule has 3 nitrogen and oxygen atoms in total. The quantitative estimate of drug-likeness (QED) is 0.827. The smallest absolute Gasteiger partial charge is 0.169 e. The minimum absolute atomic E-state index is 0.0393. The molecule has 0 saturated carbocycles. The Balaban J connectivity index is 2.16. The Morgan fingerprint density at radius 3 is 2.42 bits per heavy atom. The first-order valence-corrected chi connectivity index (χ1v) is 6.14. The van der Waals surface area contributed by atoms with Crippen LogP contribution in [0.2, 0.25) is 0 Å². The molecular weight excluding hydrogens is 240 g/mol. The van der Waals surface area contributed by atoms with Crippen LogP contribution in [-0.2, 0) is 0 Å². The third-order valence-electron chi connectivity index (χ3n) is 3.13. The zero-order valence-corrected chi connectivity index (χ0v) is 10.7. The van der Waals surface area contributed by atoms with E-state index >= 15 is 0 Å². The first-order chi connectivity index (χ1) is 9.09. The second kappa shape index (κ2) is 5.67. The van der Waals surface area contributed by atoms with Crippen LogP contribution in [0, 0.1) is 6.92 Å². The molecule has 0 fully saturated rings. The second-order valence-electron chi connectivity index (χ2n) is 4.52. The van der Waals surface area contributed by atoms with E-state index in [4.69, 9.17) is 0 Å². The number of aliphatic hydroxyl groups excluding tert-OH is 1. The summed E-state index contributed by atoms with van der Waals surface area (Å²) in [6.07, 6.45) is -0.893. The highest BCUT2D eigenvalue weighted by molar-refractivity contribution is 5.98. The standard InChI is InChI=1S/C16H16O3/c1-11-6-2-3-7-12(11)15(18)10-16(19)13-8-4-5-9-14(13)17/h2-9,15,17-18H,10H2,1H3. The normalized spacial score (nSPS) is 12.1. The van der Waals surface area contributed by atoms with Crippen molar-refractivity contribution in [2.24, 2.45) is 0 Å². The number of carbonyl (C=O) groups excluding carboxylic acids is 1. The fraction of sp³-hybridized carbons (Fsp3) is 0.188. The van der Waals surface area contributed by atoms with Gasteiger partial charge in [-0.05, 0) is 30.2 Å². The van der Waals surface area contributed by atoms with Crippen LogP contribution >= 0.6 is 0 Å². The molecule has 0 aromatic heterocycles. The van der Waals surface area contributed by atoms with Gasteiger partial charge in [-0.2, -0.15) is 0 Å². The summed E-state index contributed by atoms with van der Waals surface area (Å²) in [7, 11) is 0. The van der Waals surface area contributed by atoms with Crippen molar-refractivity contribution in [1.29, 1.82) is 0 Å². The van der Waals surface area contributed by atoms with Crippen molar-refractivity contribution < 1.29 is 15.0 Å². The molecule has 2 rings (SSSR count). The van der Waals surface area contributed by atoms with Gasteiger partial charge < -0.3 is 10.2 Å². The maximum Gasteiger partial charge on any atom is 0.169 e. The van der Waals surface area contributed by atoms with Gasteiger partial charge in [-0.25, -0.2) is 0 Å². The number of phenolic OH excluding ortho intramolecular Hbond substituents is 1. The van der Waals surface area contributed by atoms with Gasteiger partial charge in [0.15, 0.2) is 5.78 Å². The topological polar surface area (TPSA) is 57.5 Å². The minimum Gasteiger partial charge on any atom is -0.507 e. The third kappa shape index (κ3) is 3.01. The number of rotatable bonds is 4. The molecule has 0 heterocycles. The Bertz CT molecular complexity index is 590. The number of carbonyl (C=O) groups is 1. The Morgan fingerprint density at radius 2 is 1.74 bits per heavy atom. The number of benzene rings is 2. The fourth-order valence-electron chi connectivity index (χ4n) is 2.07. The molecule has 2 aromatic rings. The number of hydrogen-bond donors (Lipinski definition) is 2. The number of aromatic hydroxyl groups is 1. The molecule has 1 atom stereocenters. The van der Waals surface area contributed by atoms with E-state index in [9.17, 15) is 15.0 Å². The highest BCUT2D eigenvalue weighted by Crippen LogP contribution is 2.24. The fourth-order valence-corrected chi connectivity index (χ4v) is 2.07. The molecule has 0 saturated heterocycles. The second-order valence-corrected chi connectivity index (χ2v) is 4.52. The SMILES string of the molecule is Cc1ccccc1C(O)CC(=O)c1ccccc1O. The average Bonchev–Trinajstić information content (AvgIpc) is 2.39. The Labute approximate surface area is 112 Å². The van der Waals surface area contributed by atoms with Crippen molar-refractivity contribution in [2.45, 2.75) is 19.4 Å². The van der Waals surface area contributed by atoms with Crippen molar-refractivity contribution >= 4 is 5.78 Å². The number of hydrogen-bond acceptors (Lipinski definition) is 3. The van der Waals surface area contributed by atoms with Crippen LogP contribution in [0.1, 0.15) is 34.0 Å². The Kier molecular flexibility index (Phi) is 3.97. The zero-order chi connectivity index (χ0) is 13.8. The van der Waals surface area contributed by atoms with Crippen molar-refractivity contribution in [3.8, 4) is 5.75 Å². The van der Waals surface area contributed by atoms with E-state index in [1.165, 1.54) is 6.07 Å². The van der Waals surface area contributed by atoms with Gasteiger partial charge in [0.1, 0.15) is 5.75 Å². The monoisotopic (exact) mass is 256 g/mol. The lowest BCUT2D eigenvalue weighted by Gasteiger charge is -2.13. The third-order valence-corrected chi connectivity index (χ3v) is 3.13. The van der Waals surface area contributed by atoms with E-state index in [-0.39, 0.29) is 23.5 Å². The number of phenols is 1. The predicted molar refractivity (Wildman–Crippen MR) is 73.2 cm³/mol. The molecule has 0 aliphatic carbocycles. The number of ketones is 1. The largest absolute Gasteiger partial charge is 0.507 e. The van der Waals surface area contributed by atoms with Crippen LogP contribution in [0.25, 0.3) is 0 Å². The van der Waals surface area contributed by atoms with Gasteiger partial charge in [0.25, 0.3) is 0 Å². The molecule has 98 valence electrons. The summed E-state index contributed by atoms with van der Waals surface area (Å²) in [5, 5.41) is 19.7. The van der Waals surface area contributed by atoms with Crippen LogP contribution in [-0.4, -0.2) is 16.0 Å². The van der Waals surface area contributed by atoms with Gasteiger partial charge in [-0.1, -0.05) is 36.4 Å². The highest BCUT2D eigenvalue weighted by atomic mass is 16.3. The molecule has 0 aliphatic rings. The van der Waals surface area contributed by atoms with Crippen LogP contribution in [0.5, 0.6) is 5.75 Å². The number of aryl methyl sites for hydroxylation is 1. The van der Waals surface area contributed by atoms with Crippen molar-refractivity contribution in [2.75, 3.05) is 0 Å². The summed E-state index contributed by atoms with van der Waals surface area (Å²) in [5.74, 6) is -0.321. The van der Waals surface area contributed by atoms with Gasteiger partial charge in [0.2, 0.25) is 0 Å². The number of Topliss-reactive ketones (excluding diaryl/α,β-unsaturated/α-hetero) is 1. The number of aliphatic hydroxyl groups is 1. The maximum absolute atomic E-state index is 12.0. The molecule has 2 N–H and O–H groups in total. The lowest BCUT2D eigenvalue weighted by Crippen LogP contribution is -2.08. The minimum atomic E-state index is -0.853. The molecule has 0 amide bonds. The van der Waals surface area contributed by atoms with E-state index in [0.29, 0.717) is 0 Å². The summed E-state index contributed by atoms with van der Waals surface area (Å²) < 4.78 is 0. The maximum atomic E-state index is 12.0. The van der Waals surface area contributed by atoms with E-state index in [2.05, 4.69) is 0 Å². The molecule has 0 spiro atoms. The molecule has 0 aliphatic heterocycles. The van der Waals surface area contributed by atoms with Crippen LogP contribution in [0.15, 0.2) is 48.5 Å². The van der Waals surface area contributed by atoms with Gasteiger partial charge in [0, 0.05) is 6.42 Å². The molecular formula is C16H16O3. The lowest BCUT2D eigenvalue weighted by molar-refractivity contribution is 0.0877. The first kappa shape index (κ1) is 13.3. The first-order valence-electron chi connectivity index (χ1n) is 6.14. The van der Waals surface area contributed by atoms with Crippen LogP contribution in [0.3, 0.4) is 0 Å². The summed E-state index contributed by atoms with van der Waals surface area (Å²) in [4.78, 5) is 12.0. The summed E-state index contributed by atoms with van der Waals surface area (Å²) in [5.41, 5.74) is 1.93. The summed E-state index contributed by atoms with van der Waals surface area (Å²) in [6, 6.07) is 13.8. The van der Waals surface area contributed by atoms with Gasteiger partial charge in [-0.3, -0.25) is 4.79 Å². The van der Waals surface area contributed by atoms with E-state index in [1.807, 2.05) is 25.1 Å². The zero-order valence-electron chi connectivity index (χ0n) is 10.7. The molecule has 2 aromatic carbocycles. The Hall–Kier alpha value is -2.13. The highest BCUT2D eigenvalue weighted by Gasteiger charge is 2.17. The summed E-state index contributed by atoms with van der Waals surface area (Å²) in [6.45, 7) is 1.89. The summed E-state index contributed by atoms with van der Waals surface area (Å²) >= 11 is 0. The van der Waals surface area contributed by atoms with E-state index in [0.717, 1.165) is 11.1 Å². The average molecular weight is 256 g/mol. The van der Waals surface area contributed by atoms with Gasteiger partial charge >= 0.3 is 0 Å². The van der Waals surface area contributed by atoms with Gasteiger partial charge in [-0.15, -0.1) is 0 Å². The Morgan fingerprint density at radius 1 is 1.11 bits per heavy atom. The van der Waals surface area contributed by atoms with E-state index < -0.39 is 6.10 Å². The van der Waals surface area contributed by atoms with Crippen LogP contribution < -0.4 is 0 Å². The van der Waals surface area contributed by atoms with Gasteiger partial charge in [0.05, 0.1) is 11.7 Å². The molecule has 1 unspecified atom stereocenters. The number of para-hydroxylation sites is 1. The van der Waals surface area contributed by atoms with E-state index in [1.54, 1.807) is 24.3 Å². The lowest BCUT2D eigenvalue weighted by atomic mass is 9.97. The molecule has 0 radical (unpaired) electrons. The van der Waals surface area contributed by atoms with Crippen LogP contribution in [0.4, 0.5) is 0 Å². The molecule has 3 heteroatoms. The van der Waals surface area contributed by atoms with Crippen molar-refractivity contribution in [3.63, 3.8) is 0 Å².